The molecule has 1 aliphatic heterocycles. The van der Waals surface area contributed by atoms with Gasteiger partial charge in [-0.15, -0.1) is 0 Å². The number of rotatable bonds is 6. The first-order valence-electron chi connectivity index (χ1n) is 7.30. The lowest BCUT2D eigenvalue weighted by atomic mass is 10.0. The summed E-state index contributed by atoms with van der Waals surface area (Å²) in [6, 6.07) is 0.423. The lowest BCUT2D eigenvalue weighted by Crippen LogP contribution is -2.29. The maximum Gasteiger partial charge on any atom is 0.228 e. The minimum atomic E-state index is 0.423. The third kappa shape index (κ3) is 4.49. The highest BCUT2D eigenvalue weighted by Crippen LogP contribution is 2.36. The van der Waals surface area contributed by atoms with Crippen LogP contribution in [0.2, 0.25) is 0 Å². The molecule has 0 aliphatic carbocycles. The molecular formula is C14H25N3OS. The molecule has 2 heterocycles. The van der Waals surface area contributed by atoms with E-state index < -0.39 is 0 Å². The molecule has 0 saturated carbocycles. The van der Waals surface area contributed by atoms with Gasteiger partial charge in [-0.3, -0.25) is 0 Å². The molecule has 1 fully saturated rings. The van der Waals surface area contributed by atoms with Crippen molar-refractivity contribution < 1.29 is 4.52 Å². The average molecular weight is 283 g/mol. The molecule has 5 heteroatoms. The summed E-state index contributed by atoms with van der Waals surface area (Å²) >= 11 is 1.96. The van der Waals surface area contributed by atoms with Gasteiger partial charge in [0.2, 0.25) is 5.89 Å². The lowest BCUT2D eigenvalue weighted by molar-refractivity contribution is 0.341. The molecule has 1 aliphatic rings. The van der Waals surface area contributed by atoms with E-state index in [0.717, 1.165) is 24.6 Å². The number of nitrogens with zero attached hydrogens (tertiary/aromatic N) is 2. The van der Waals surface area contributed by atoms with Gasteiger partial charge in [0.1, 0.15) is 0 Å². The first-order chi connectivity index (χ1) is 9.19. The number of likely N-dealkylation sites (N-methyl/N-ethyl adjacent to an activating group) is 1. The second-order valence-electron chi connectivity index (χ2n) is 5.72. The number of thioether (sulfide) groups is 1. The average Bonchev–Trinajstić information content (AvgIpc) is 2.87. The van der Waals surface area contributed by atoms with Crippen molar-refractivity contribution in [3.05, 3.63) is 11.7 Å². The molecule has 0 aromatic carbocycles. The molecule has 1 aromatic heterocycles. The van der Waals surface area contributed by atoms with Crippen LogP contribution in [0.15, 0.2) is 4.52 Å². The summed E-state index contributed by atoms with van der Waals surface area (Å²) in [6.07, 6.45) is 5.76. The van der Waals surface area contributed by atoms with Gasteiger partial charge in [-0.2, -0.15) is 16.7 Å². The normalized spacial score (nSPS) is 21.8. The largest absolute Gasteiger partial charge is 0.339 e. The molecule has 2 unspecified atom stereocenters. The Labute approximate surface area is 120 Å². The van der Waals surface area contributed by atoms with Crippen LogP contribution in [0, 0.1) is 5.92 Å². The zero-order valence-electron chi connectivity index (χ0n) is 12.2. The molecule has 2 rings (SSSR count). The molecule has 1 N–H and O–H groups in total. The fraction of sp³-hybridized carbons (Fsp3) is 0.857. The van der Waals surface area contributed by atoms with E-state index in [-0.39, 0.29) is 0 Å². The molecule has 0 spiro atoms. The van der Waals surface area contributed by atoms with Gasteiger partial charge in [-0.25, -0.2) is 0 Å². The summed E-state index contributed by atoms with van der Waals surface area (Å²) in [7, 11) is 2.00. The Hall–Kier alpha value is -0.550. The van der Waals surface area contributed by atoms with Gasteiger partial charge in [-0.1, -0.05) is 25.4 Å². The Balaban J connectivity index is 1.92. The molecule has 1 saturated heterocycles. The minimum Gasteiger partial charge on any atom is -0.339 e. The Morgan fingerprint density at radius 3 is 2.89 bits per heavy atom. The van der Waals surface area contributed by atoms with Crippen molar-refractivity contribution in [2.24, 2.45) is 5.92 Å². The molecule has 0 radical (unpaired) electrons. The van der Waals surface area contributed by atoms with Crippen molar-refractivity contribution in [3.63, 3.8) is 0 Å². The van der Waals surface area contributed by atoms with E-state index >= 15 is 0 Å². The maximum absolute atomic E-state index is 5.42. The van der Waals surface area contributed by atoms with E-state index in [1.54, 1.807) is 0 Å². The molecule has 0 amide bonds. The van der Waals surface area contributed by atoms with Gasteiger partial charge in [0.05, 0.1) is 5.25 Å². The van der Waals surface area contributed by atoms with Crippen molar-refractivity contribution in [1.29, 1.82) is 0 Å². The number of aromatic nitrogens is 2. The summed E-state index contributed by atoms with van der Waals surface area (Å²) in [5, 5.41) is 7.96. The van der Waals surface area contributed by atoms with Crippen LogP contribution in [-0.4, -0.2) is 29.0 Å². The topological polar surface area (TPSA) is 51.0 Å². The van der Waals surface area contributed by atoms with Crippen molar-refractivity contribution in [2.75, 3.05) is 12.8 Å². The van der Waals surface area contributed by atoms with Crippen LogP contribution in [-0.2, 0) is 6.42 Å². The molecule has 4 nitrogen and oxygen atoms in total. The monoisotopic (exact) mass is 283 g/mol. The fourth-order valence-corrected chi connectivity index (χ4v) is 3.74. The molecule has 0 bridgehead atoms. The van der Waals surface area contributed by atoms with Crippen molar-refractivity contribution in [1.82, 2.24) is 15.5 Å². The third-order valence-electron chi connectivity index (χ3n) is 3.54. The second kappa shape index (κ2) is 7.29. The Bertz CT molecular complexity index is 375. The first kappa shape index (κ1) is 14.9. The van der Waals surface area contributed by atoms with Crippen LogP contribution >= 0.6 is 11.8 Å². The minimum absolute atomic E-state index is 0.423. The summed E-state index contributed by atoms with van der Waals surface area (Å²) in [5.41, 5.74) is 0. The van der Waals surface area contributed by atoms with Crippen LogP contribution in [0.25, 0.3) is 0 Å². The van der Waals surface area contributed by atoms with Gasteiger partial charge in [0.25, 0.3) is 0 Å². The van der Waals surface area contributed by atoms with E-state index in [4.69, 9.17) is 4.52 Å². The quantitative estimate of drug-likeness (QED) is 0.869. The van der Waals surface area contributed by atoms with Crippen molar-refractivity contribution in [3.8, 4) is 0 Å². The number of hydrogen-bond donors (Lipinski definition) is 1. The van der Waals surface area contributed by atoms with Crippen LogP contribution < -0.4 is 5.32 Å². The molecule has 2 atom stereocenters. The molecule has 1 aromatic rings. The van der Waals surface area contributed by atoms with Gasteiger partial charge in [0.15, 0.2) is 5.82 Å². The van der Waals surface area contributed by atoms with Crippen LogP contribution in [0.5, 0.6) is 0 Å². The van der Waals surface area contributed by atoms with Gasteiger partial charge < -0.3 is 9.84 Å². The Morgan fingerprint density at radius 1 is 1.42 bits per heavy atom. The van der Waals surface area contributed by atoms with Gasteiger partial charge in [-0.05, 0) is 38.0 Å². The van der Waals surface area contributed by atoms with Crippen LogP contribution in [0.4, 0.5) is 0 Å². The van der Waals surface area contributed by atoms with E-state index in [1.807, 2.05) is 18.8 Å². The highest BCUT2D eigenvalue weighted by Gasteiger charge is 2.22. The van der Waals surface area contributed by atoms with E-state index in [9.17, 15) is 0 Å². The highest BCUT2D eigenvalue weighted by atomic mass is 32.2. The number of nitrogens with one attached hydrogen (secondary N) is 1. The summed E-state index contributed by atoms with van der Waals surface area (Å²) in [4.78, 5) is 4.59. The van der Waals surface area contributed by atoms with E-state index in [2.05, 4.69) is 29.3 Å². The van der Waals surface area contributed by atoms with Gasteiger partial charge in [0, 0.05) is 12.5 Å². The Kier molecular flexibility index (Phi) is 5.70. The summed E-state index contributed by atoms with van der Waals surface area (Å²) < 4.78 is 5.42. The van der Waals surface area contributed by atoms with Crippen LogP contribution in [0.1, 0.15) is 56.5 Å². The standard InChI is InChI=1S/C14H25N3OS/c1-10(2)8-11(15-3)9-13-16-14(17-18-13)12-6-4-5-7-19-12/h10-12,15H,4-9H2,1-3H3. The maximum atomic E-state index is 5.42. The molecular weight excluding hydrogens is 258 g/mol. The van der Waals surface area contributed by atoms with E-state index in [1.165, 1.54) is 25.0 Å². The zero-order valence-corrected chi connectivity index (χ0v) is 13.0. The first-order valence-corrected chi connectivity index (χ1v) is 8.35. The summed E-state index contributed by atoms with van der Waals surface area (Å²) in [6.45, 7) is 4.48. The Morgan fingerprint density at radius 2 is 2.26 bits per heavy atom. The third-order valence-corrected chi connectivity index (χ3v) is 4.91. The van der Waals surface area contributed by atoms with Crippen molar-refractivity contribution >= 4 is 11.8 Å². The lowest BCUT2D eigenvalue weighted by Gasteiger charge is -2.17. The summed E-state index contributed by atoms with van der Waals surface area (Å²) in [5.74, 6) is 3.58. The molecule has 19 heavy (non-hydrogen) atoms. The smallest absolute Gasteiger partial charge is 0.228 e. The molecule has 108 valence electrons. The SMILES string of the molecule is CNC(Cc1nc(C2CCCCS2)no1)CC(C)C. The highest BCUT2D eigenvalue weighted by molar-refractivity contribution is 7.99. The van der Waals surface area contributed by atoms with Gasteiger partial charge >= 0.3 is 0 Å². The predicted octanol–water partition coefficient (Wildman–Crippen LogP) is 3.20. The van der Waals surface area contributed by atoms with Crippen LogP contribution in [0.3, 0.4) is 0 Å². The van der Waals surface area contributed by atoms with Crippen molar-refractivity contribution in [2.45, 2.75) is 57.2 Å². The zero-order chi connectivity index (χ0) is 13.7. The second-order valence-corrected chi connectivity index (χ2v) is 7.03. The van der Waals surface area contributed by atoms with E-state index in [0.29, 0.717) is 17.2 Å². The number of hydrogen-bond acceptors (Lipinski definition) is 5. The predicted molar refractivity (Wildman–Crippen MR) is 79.4 cm³/mol. The fourth-order valence-electron chi connectivity index (χ4n) is 2.51.